The van der Waals surface area contributed by atoms with E-state index in [9.17, 15) is 18.5 Å². The molecule has 7 nitrogen and oxygen atoms in total. The van der Waals surface area contributed by atoms with E-state index in [2.05, 4.69) is 5.32 Å². The monoisotopic (exact) mass is 377 g/mol. The molecule has 0 saturated heterocycles. The molecule has 0 aliphatic carbocycles. The van der Waals surface area contributed by atoms with Gasteiger partial charge in [0.1, 0.15) is 5.69 Å². The van der Waals surface area contributed by atoms with E-state index >= 15 is 0 Å². The largest absolute Gasteiger partial charge is 0.377 e. The van der Waals surface area contributed by atoms with E-state index in [1.54, 1.807) is 37.3 Å². The van der Waals surface area contributed by atoms with Gasteiger partial charge in [0.25, 0.3) is 15.7 Å². The van der Waals surface area contributed by atoms with Gasteiger partial charge in [-0.3, -0.25) is 14.4 Å². The summed E-state index contributed by atoms with van der Waals surface area (Å²) in [6.45, 7) is 5.80. The lowest BCUT2D eigenvalue weighted by molar-refractivity contribution is -0.384. The lowest BCUT2D eigenvalue weighted by atomic mass is 10.2. The summed E-state index contributed by atoms with van der Waals surface area (Å²) in [7, 11) is -3.91. The third-order valence-electron chi connectivity index (χ3n) is 4.10. The van der Waals surface area contributed by atoms with Gasteiger partial charge in [0.15, 0.2) is 0 Å². The molecule has 2 rings (SSSR count). The summed E-state index contributed by atoms with van der Waals surface area (Å²) < 4.78 is 27.3. The topological polar surface area (TPSA) is 92.6 Å². The average Bonchev–Trinajstić information content (AvgIpc) is 2.62. The Labute approximate surface area is 153 Å². The highest BCUT2D eigenvalue weighted by atomic mass is 32.2. The minimum Gasteiger partial charge on any atom is -0.377 e. The Hall–Kier alpha value is -2.61. The molecule has 0 aromatic heterocycles. The van der Waals surface area contributed by atoms with E-state index in [-0.39, 0.29) is 23.2 Å². The third kappa shape index (κ3) is 4.13. The van der Waals surface area contributed by atoms with Crippen LogP contribution in [0.25, 0.3) is 0 Å². The lowest BCUT2D eigenvalue weighted by Crippen LogP contribution is -2.30. The summed E-state index contributed by atoms with van der Waals surface area (Å²) in [5.74, 6) is 0. The summed E-state index contributed by atoms with van der Waals surface area (Å²) in [5.41, 5.74) is 0.570. The van der Waals surface area contributed by atoms with Crippen molar-refractivity contribution < 1.29 is 13.3 Å². The van der Waals surface area contributed by atoms with Gasteiger partial charge in [-0.1, -0.05) is 25.1 Å². The van der Waals surface area contributed by atoms with Gasteiger partial charge in [-0.15, -0.1) is 0 Å². The van der Waals surface area contributed by atoms with Crippen LogP contribution in [-0.2, 0) is 10.0 Å². The molecule has 0 aliphatic heterocycles. The molecule has 0 aliphatic rings. The van der Waals surface area contributed by atoms with E-state index in [0.29, 0.717) is 11.4 Å². The molecule has 0 saturated carbocycles. The van der Waals surface area contributed by atoms with Crippen molar-refractivity contribution in [3.8, 4) is 0 Å². The summed E-state index contributed by atoms with van der Waals surface area (Å²) in [6, 6.07) is 12.7. The molecule has 0 bridgehead atoms. The van der Waals surface area contributed by atoms with E-state index in [4.69, 9.17) is 0 Å². The standard InChI is InChI=1S/C18H23N3O4S/c1-4-14(3)19-17-12-11-16(13-18(17)21(22)23)26(24,25)20(5-2)15-9-7-6-8-10-15/h6-14,19H,4-5H2,1-3H3. The Morgan fingerprint density at radius 1 is 1.15 bits per heavy atom. The van der Waals surface area contributed by atoms with Gasteiger partial charge in [0.05, 0.1) is 15.5 Å². The number of hydrogen-bond acceptors (Lipinski definition) is 5. The van der Waals surface area contributed by atoms with Crippen molar-refractivity contribution in [2.75, 3.05) is 16.2 Å². The second-order valence-electron chi connectivity index (χ2n) is 5.90. The third-order valence-corrected chi connectivity index (χ3v) is 6.00. The maximum atomic E-state index is 13.0. The predicted octanol–water partition coefficient (Wildman–Crippen LogP) is 4.02. The molecule has 1 N–H and O–H groups in total. The molecule has 1 atom stereocenters. The van der Waals surface area contributed by atoms with Crippen LogP contribution in [0.4, 0.5) is 17.1 Å². The zero-order chi connectivity index (χ0) is 19.3. The average molecular weight is 377 g/mol. The maximum Gasteiger partial charge on any atom is 0.293 e. The van der Waals surface area contributed by atoms with Gasteiger partial charge in [0.2, 0.25) is 0 Å². The molecule has 0 radical (unpaired) electrons. The van der Waals surface area contributed by atoms with Crippen LogP contribution in [0.15, 0.2) is 53.4 Å². The molecule has 0 fully saturated rings. The van der Waals surface area contributed by atoms with Crippen LogP contribution < -0.4 is 9.62 Å². The molecule has 2 aromatic carbocycles. The molecule has 26 heavy (non-hydrogen) atoms. The van der Waals surface area contributed by atoms with Gasteiger partial charge in [-0.05, 0) is 44.5 Å². The number of nitro benzene ring substituents is 1. The minimum atomic E-state index is -3.91. The number of benzene rings is 2. The van der Waals surface area contributed by atoms with Gasteiger partial charge < -0.3 is 5.32 Å². The smallest absolute Gasteiger partial charge is 0.293 e. The van der Waals surface area contributed by atoms with Crippen molar-refractivity contribution in [3.63, 3.8) is 0 Å². The second kappa shape index (κ2) is 8.18. The number of nitro groups is 1. The normalized spacial score (nSPS) is 12.4. The fraction of sp³-hybridized carbons (Fsp3) is 0.333. The fourth-order valence-electron chi connectivity index (χ4n) is 2.53. The van der Waals surface area contributed by atoms with Crippen LogP contribution in [0, 0.1) is 10.1 Å². The Morgan fingerprint density at radius 3 is 2.35 bits per heavy atom. The highest BCUT2D eigenvalue weighted by Gasteiger charge is 2.27. The Kier molecular flexibility index (Phi) is 6.20. The summed E-state index contributed by atoms with van der Waals surface area (Å²) in [5, 5.41) is 14.5. The van der Waals surface area contributed by atoms with Crippen molar-refractivity contribution >= 4 is 27.1 Å². The quantitative estimate of drug-likeness (QED) is 0.554. The number of anilines is 2. The summed E-state index contributed by atoms with van der Waals surface area (Å²) in [4.78, 5) is 10.8. The SMILES string of the molecule is CCC(C)Nc1ccc(S(=O)(=O)N(CC)c2ccccc2)cc1[N+](=O)[O-]. The first-order chi connectivity index (χ1) is 12.3. The summed E-state index contributed by atoms with van der Waals surface area (Å²) in [6.07, 6.45) is 0.787. The second-order valence-corrected chi connectivity index (χ2v) is 7.76. The maximum absolute atomic E-state index is 13.0. The Morgan fingerprint density at radius 2 is 1.81 bits per heavy atom. The first-order valence-electron chi connectivity index (χ1n) is 8.44. The molecule has 2 aromatic rings. The molecule has 0 spiro atoms. The Balaban J connectivity index is 2.49. The first kappa shape index (κ1) is 19.7. The minimum absolute atomic E-state index is 0.0348. The Bertz CT molecular complexity index is 869. The zero-order valence-electron chi connectivity index (χ0n) is 15.0. The molecule has 1 unspecified atom stereocenters. The number of sulfonamides is 1. The van der Waals surface area contributed by atoms with E-state index in [1.165, 1.54) is 16.4 Å². The highest BCUT2D eigenvalue weighted by molar-refractivity contribution is 7.92. The first-order valence-corrected chi connectivity index (χ1v) is 9.88. The van der Waals surface area contributed by atoms with Crippen LogP contribution in [0.3, 0.4) is 0 Å². The van der Waals surface area contributed by atoms with E-state index < -0.39 is 14.9 Å². The molecule has 8 heteroatoms. The zero-order valence-corrected chi connectivity index (χ0v) is 15.9. The predicted molar refractivity (Wildman–Crippen MR) is 103 cm³/mol. The van der Waals surface area contributed by atoms with Gasteiger partial charge >= 0.3 is 0 Å². The number of nitrogens with one attached hydrogen (secondary N) is 1. The van der Waals surface area contributed by atoms with Crippen LogP contribution in [0.1, 0.15) is 27.2 Å². The van der Waals surface area contributed by atoms with Crippen molar-refractivity contribution in [3.05, 3.63) is 58.6 Å². The number of para-hydroxylation sites is 1. The van der Waals surface area contributed by atoms with Crippen molar-refractivity contribution in [1.82, 2.24) is 0 Å². The van der Waals surface area contributed by atoms with Crippen LogP contribution >= 0.6 is 0 Å². The van der Waals surface area contributed by atoms with Crippen LogP contribution in [-0.4, -0.2) is 25.9 Å². The van der Waals surface area contributed by atoms with Gasteiger partial charge in [0, 0.05) is 18.7 Å². The molecule has 0 heterocycles. The van der Waals surface area contributed by atoms with Crippen LogP contribution in [0.5, 0.6) is 0 Å². The van der Waals surface area contributed by atoms with Gasteiger partial charge in [-0.25, -0.2) is 8.42 Å². The molecular weight excluding hydrogens is 354 g/mol. The lowest BCUT2D eigenvalue weighted by Gasteiger charge is -2.23. The van der Waals surface area contributed by atoms with Crippen molar-refractivity contribution in [2.45, 2.75) is 38.1 Å². The fourth-order valence-corrected chi connectivity index (χ4v) is 4.02. The number of hydrogen-bond donors (Lipinski definition) is 1. The highest BCUT2D eigenvalue weighted by Crippen LogP contribution is 2.31. The van der Waals surface area contributed by atoms with E-state index in [0.717, 1.165) is 12.5 Å². The van der Waals surface area contributed by atoms with Gasteiger partial charge in [-0.2, -0.15) is 0 Å². The number of rotatable bonds is 8. The van der Waals surface area contributed by atoms with Crippen molar-refractivity contribution in [2.24, 2.45) is 0 Å². The molecule has 140 valence electrons. The molecule has 0 amide bonds. The number of nitrogens with zero attached hydrogens (tertiary/aromatic N) is 2. The van der Waals surface area contributed by atoms with Crippen molar-refractivity contribution in [1.29, 1.82) is 0 Å². The molecular formula is C18H23N3O4S. The summed E-state index contributed by atoms with van der Waals surface area (Å²) >= 11 is 0. The van der Waals surface area contributed by atoms with E-state index in [1.807, 2.05) is 13.8 Å². The van der Waals surface area contributed by atoms with Crippen LogP contribution in [0.2, 0.25) is 0 Å².